The molecule has 5 nitrogen and oxygen atoms in total. The van der Waals surface area contributed by atoms with Crippen LogP contribution in [0.1, 0.15) is 43.0 Å². The molecule has 21 heavy (non-hydrogen) atoms. The molecule has 1 saturated heterocycles. The molecule has 1 aliphatic heterocycles. The molecule has 1 aromatic rings. The Hall–Kier alpha value is -1.52. The summed E-state index contributed by atoms with van der Waals surface area (Å²) in [6.07, 6.45) is 5.57. The molecule has 1 N–H and O–H groups in total. The molecule has 3 rings (SSSR count). The van der Waals surface area contributed by atoms with E-state index in [0.717, 1.165) is 48.2 Å². The van der Waals surface area contributed by atoms with Gasteiger partial charge >= 0.3 is 0 Å². The first-order valence-electron chi connectivity index (χ1n) is 8.06. The standard InChI is InChI=1S/C16H26N4O/c1-11-12(2)21-15(19-11)8-18-16(17-3)20-9-13-6-4-5-7-14(13)10-20/h13-14H,4-10H2,1-3H3,(H,17,18). The lowest BCUT2D eigenvalue weighted by Gasteiger charge is -2.22. The van der Waals surface area contributed by atoms with Crippen LogP contribution in [-0.2, 0) is 6.54 Å². The number of rotatable bonds is 2. The minimum absolute atomic E-state index is 0.604. The summed E-state index contributed by atoms with van der Waals surface area (Å²) >= 11 is 0. The van der Waals surface area contributed by atoms with Crippen LogP contribution in [0.15, 0.2) is 9.41 Å². The summed E-state index contributed by atoms with van der Waals surface area (Å²) in [6, 6.07) is 0. The monoisotopic (exact) mass is 290 g/mol. The number of aliphatic imine (C=N–C) groups is 1. The summed E-state index contributed by atoms with van der Waals surface area (Å²) in [6.45, 7) is 6.82. The topological polar surface area (TPSA) is 53.7 Å². The first-order chi connectivity index (χ1) is 10.2. The van der Waals surface area contributed by atoms with E-state index in [4.69, 9.17) is 4.42 Å². The molecule has 0 radical (unpaired) electrons. The number of oxazole rings is 1. The Morgan fingerprint density at radius 3 is 2.48 bits per heavy atom. The molecule has 5 heteroatoms. The molecule has 1 aliphatic carbocycles. The second-order valence-corrected chi connectivity index (χ2v) is 6.36. The third-order valence-electron chi connectivity index (χ3n) is 4.96. The maximum Gasteiger partial charge on any atom is 0.214 e. The number of hydrogen-bond donors (Lipinski definition) is 1. The van der Waals surface area contributed by atoms with E-state index in [2.05, 4.69) is 20.2 Å². The van der Waals surface area contributed by atoms with Crippen molar-refractivity contribution < 1.29 is 4.42 Å². The SMILES string of the molecule is CN=C(NCc1nc(C)c(C)o1)N1CC2CCCCC2C1. The summed E-state index contributed by atoms with van der Waals surface area (Å²) in [5.74, 6) is 4.35. The molecule has 2 unspecified atom stereocenters. The summed E-state index contributed by atoms with van der Waals surface area (Å²) in [5, 5.41) is 3.40. The Labute approximate surface area is 126 Å². The number of aryl methyl sites for hydroxylation is 2. The van der Waals surface area contributed by atoms with Gasteiger partial charge in [0.15, 0.2) is 5.96 Å². The predicted molar refractivity (Wildman–Crippen MR) is 83.2 cm³/mol. The molecule has 2 fully saturated rings. The van der Waals surface area contributed by atoms with Gasteiger partial charge in [-0.3, -0.25) is 4.99 Å². The van der Waals surface area contributed by atoms with Crippen LogP contribution in [0.25, 0.3) is 0 Å². The minimum Gasteiger partial charge on any atom is -0.444 e. The highest BCUT2D eigenvalue weighted by Crippen LogP contribution is 2.35. The van der Waals surface area contributed by atoms with Crippen LogP contribution in [0.2, 0.25) is 0 Å². The van der Waals surface area contributed by atoms with Gasteiger partial charge in [-0.1, -0.05) is 12.8 Å². The van der Waals surface area contributed by atoms with Crippen LogP contribution in [0.3, 0.4) is 0 Å². The predicted octanol–water partition coefficient (Wildman–Crippen LogP) is 2.49. The van der Waals surface area contributed by atoms with Crippen molar-refractivity contribution in [2.24, 2.45) is 16.8 Å². The zero-order chi connectivity index (χ0) is 14.8. The van der Waals surface area contributed by atoms with E-state index in [1.807, 2.05) is 20.9 Å². The lowest BCUT2D eigenvalue weighted by Crippen LogP contribution is -2.39. The number of hydrogen-bond acceptors (Lipinski definition) is 3. The fourth-order valence-corrected chi connectivity index (χ4v) is 3.68. The number of nitrogens with zero attached hydrogens (tertiary/aromatic N) is 3. The number of guanidine groups is 1. The Bertz CT molecular complexity index is 489. The fourth-order valence-electron chi connectivity index (χ4n) is 3.68. The molecular weight excluding hydrogens is 264 g/mol. The van der Waals surface area contributed by atoms with Crippen molar-refractivity contribution in [3.05, 3.63) is 17.3 Å². The van der Waals surface area contributed by atoms with Gasteiger partial charge in [0.25, 0.3) is 0 Å². The Morgan fingerprint density at radius 1 is 1.29 bits per heavy atom. The van der Waals surface area contributed by atoms with Crippen LogP contribution in [-0.4, -0.2) is 36.0 Å². The summed E-state index contributed by atoms with van der Waals surface area (Å²) in [7, 11) is 1.86. The first kappa shape index (κ1) is 14.4. The van der Waals surface area contributed by atoms with E-state index in [9.17, 15) is 0 Å². The second-order valence-electron chi connectivity index (χ2n) is 6.36. The van der Waals surface area contributed by atoms with Gasteiger partial charge in [-0.2, -0.15) is 0 Å². The molecular formula is C16H26N4O. The third kappa shape index (κ3) is 3.06. The highest BCUT2D eigenvalue weighted by Gasteiger charge is 2.35. The summed E-state index contributed by atoms with van der Waals surface area (Å²) < 4.78 is 5.62. The Morgan fingerprint density at radius 2 is 1.95 bits per heavy atom. The van der Waals surface area contributed by atoms with E-state index in [1.54, 1.807) is 0 Å². The van der Waals surface area contributed by atoms with Gasteiger partial charge in [-0.05, 0) is 38.5 Å². The van der Waals surface area contributed by atoms with Crippen LogP contribution in [0, 0.1) is 25.7 Å². The fraction of sp³-hybridized carbons (Fsp3) is 0.750. The van der Waals surface area contributed by atoms with Crippen molar-refractivity contribution in [1.29, 1.82) is 0 Å². The van der Waals surface area contributed by atoms with Gasteiger partial charge in [-0.25, -0.2) is 4.98 Å². The maximum absolute atomic E-state index is 5.62. The van der Waals surface area contributed by atoms with Gasteiger partial charge in [0.1, 0.15) is 5.76 Å². The molecule has 1 saturated carbocycles. The van der Waals surface area contributed by atoms with Crippen molar-refractivity contribution in [3.63, 3.8) is 0 Å². The van der Waals surface area contributed by atoms with E-state index < -0.39 is 0 Å². The quantitative estimate of drug-likeness (QED) is 0.671. The Balaban J connectivity index is 1.58. The lowest BCUT2D eigenvalue weighted by atomic mass is 9.82. The average Bonchev–Trinajstić information content (AvgIpc) is 3.03. The van der Waals surface area contributed by atoms with Gasteiger partial charge < -0.3 is 14.6 Å². The molecule has 2 aliphatic rings. The van der Waals surface area contributed by atoms with E-state index in [0.29, 0.717) is 6.54 Å². The number of likely N-dealkylation sites (tertiary alicyclic amines) is 1. The second kappa shape index (κ2) is 6.08. The van der Waals surface area contributed by atoms with Gasteiger partial charge in [0.05, 0.1) is 12.2 Å². The van der Waals surface area contributed by atoms with Gasteiger partial charge in [0.2, 0.25) is 5.89 Å². The molecule has 116 valence electrons. The number of fused-ring (bicyclic) bond motifs is 1. The minimum atomic E-state index is 0.604. The first-order valence-corrected chi connectivity index (χ1v) is 8.06. The molecule has 0 aromatic carbocycles. The van der Waals surface area contributed by atoms with E-state index >= 15 is 0 Å². The molecule has 0 bridgehead atoms. The zero-order valence-corrected chi connectivity index (χ0v) is 13.4. The van der Waals surface area contributed by atoms with Crippen LogP contribution in [0.5, 0.6) is 0 Å². The highest BCUT2D eigenvalue weighted by molar-refractivity contribution is 5.80. The van der Waals surface area contributed by atoms with E-state index in [1.165, 1.54) is 25.7 Å². The van der Waals surface area contributed by atoms with E-state index in [-0.39, 0.29) is 0 Å². The van der Waals surface area contributed by atoms with Crippen LogP contribution >= 0.6 is 0 Å². The number of nitrogens with one attached hydrogen (secondary N) is 1. The molecule has 1 aromatic heterocycles. The number of aromatic nitrogens is 1. The molecule has 2 heterocycles. The van der Waals surface area contributed by atoms with Crippen molar-refractivity contribution >= 4 is 5.96 Å². The highest BCUT2D eigenvalue weighted by atomic mass is 16.4. The maximum atomic E-state index is 5.62. The smallest absolute Gasteiger partial charge is 0.214 e. The molecule has 2 atom stereocenters. The van der Waals surface area contributed by atoms with Crippen molar-refractivity contribution in [3.8, 4) is 0 Å². The molecule has 0 spiro atoms. The summed E-state index contributed by atoms with van der Waals surface area (Å²) in [5.41, 5.74) is 0.967. The largest absolute Gasteiger partial charge is 0.444 e. The third-order valence-corrected chi connectivity index (χ3v) is 4.96. The zero-order valence-electron chi connectivity index (χ0n) is 13.4. The van der Waals surface area contributed by atoms with Gasteiger partial charge in [0, 0.05) is 20.1 Å². The average molecular weight is 290 g/mol. The summed E-state index contributed by atoms with van der Waals surface area (Å²) in [4.78, 5) is 11.3. The van der Waals surface area contributed by atoms with Crippen molar-refractivity contribution in [1.82, 2.24) is 15.2 Å². The van der Waals surface area contributed by atoms with Crippen molar-refractivity contribution in [2.75, 3.05) is 20.1 Å². The van der Waals surface area contributed by atoms with Crippen LogP contribution in [0.4, 0.5) is 0 Å². The lowest BCUT2D eigenvalue weighted by molar-refractivity contribution is 0.299. The normalized spacial score (nSPS) is 26.0. The van der Waals surface area contributed by atoms with Gasteiger partial charge in [-0.15, -0.1) is 0 Å². The van der Waals surface area contributed by atoms with Crippen LogP contribution < -0.4 is 5.32 Å². The van der Waals surface area contributed by atoms with Crippen molar-refractivity contribution in [2.45, 2.75) is 46.1 Å². The molecule has 0 amide bonds. The Kier molecular flexibility index (Phi) is 4.17.